The number of benzene rings is 1. The van der Waals surface area contributed by atoms with Gasteiger partial charge in [0.05, 0.1) is 23.4 Å². The Morgan fingerprint density at radius 2 is 1.78 bits per heavy atom. The van der Waals surface area contributed by atoms with Crippen molar-refractivity contribution in [2.75, 3.05) is 0 Å². The first kappa shape index (κ1) is 15.3. The summed E-state index contributed by atoms with van der Waals surface area (Å²) in [5, 5.41) is 9.43. The van der Waals surface area contributed by atoms with Crippen LogP contribution in [0.1, 0.15) is 49.4 Å². The minimum absolute atomic E-state index is 0.216. The highest BCUT2D eigenvalue weighted by Gasteiger charge is 2.20. The van der Waals surface area contributed by atoms with E-state index in [4.69, 9.17) is 4.98 Å². The van der Waals surface area contributed by atoms with Gasteiger partial charge in [-0.1, -0.05) is 44.2 Å². The van der Waals surface area contributed by atoms with Crippen LogP contribution in [0.15, 0.2) is 42.6 Å². The molecule has 3 heteroatoms. The van der Waals surface area contributed by atoms with Crippen LogP contribution in [0.25, 0.3) is 16.9 Å². The normalized spacial score (nSPS) is 12.5. The molecule has 0 aliphatic carbocycles. The van der Waals surface area contributed by atoms with E-state index in [0.717, 1.165) is 28.2 Å². The minimum Gasteiger partial charge on any atom is -0.302 e. The second kappa shape index (κ2) is 5.89. The monoisotopic (exact) mass is 303 g/mol. The topological polar surface area (TPSA) is 41.1 Å². The molecule has 2 aromatic heterocycles. The van der Waals surface area contributed by atoms with E-state index in [0.29, 0.717) is 5.92 Å². The molecule has 0 aliphatic rings. The quantitative estimate of drug-likeness (QED) is 0.678. The number of aromatic nitrogens is 2. The van der Waals surface area contributed by atoms with Crippen molar-refractivity contribution in [2.45, 2.75) is 39.5 Å². The first-order valence-electron chi connectivity index (χ1n) is 8.00. The number of rotatable bonds is 3. The molecule has 3 nitrogen and oxygen atoms in total. The predicted molar refractivity (Wildman–Crippen MR) is 93.5 cm³/mol. The van der Waals surface area contributed by atoms with Crippen molar-refractivity contribution in [2.24, 2.45) is 0 Å². The van der Waals surface area contributed by atoms with Gasteiger partial charge in [-0.15, -0.1) is 0 Å². The second-order valence-corrected chi connectivity index (χ2v) is 6.36. The number of hydrogen-bond donors (Lipinski definition) is 0. The Morgan fingerprint density at radius 3 is 2.39 bits per heavy atom. The van der Waals surface area contributed by atoms with Crippen molar-refractivity contribution in [1.82, 2.24) is 9.38 Å². The maximum absolute atomic E-state index is 9.43. The van der Waals surface area contributed by atoms with E-state index in [1.165, 1.54) is 5.56 Å². The first-order chi connectivity index (χ1) is 11.0. The van der Waals surface area contributed by atoms with E-state index in [1.54, 1.807) is 0 Å². The zero-order chi connectivity index (χ0) is 16.6. The highest BCUT2D eigenvalue weighted by Crippen LogP contribution is 2.31. The van der Waals surface area contributed by atoms with Crippen LogP contribution in [0, 0.1) is 18.3 Å². The highest BCUT2D eigenvalue weighted by atomic mass is 15.0. The van der Waals surface area contributed by atoms with Gasteiger partial charge >= 0.3 is 0 Å². The summed E-state index contributed by atoms with van der Waals surface area (Å²) in [4.78, 5) is 4.84. The van der Waals surface area contributed by atoms with Gasteiger partial charge in [0.15, 0.2) is 0 Å². The van der Waals surface area contributed by atoms with Crippen molar-refractivity contribution >= 4 is 5.65 Å². The number of nitriles is 1. The molecule has 0 bridgehead atoms. The van der Waals surface area contributed by atoms with E-state index < -0.39 is 0 Å². The average molecular weight is 303 g/mol. The molecule has 1 aromatic carbocycles. The zero-order valence-corrected chi connectivity index (χ0v) is 14.0. The smallest absolute Gasteiger partial charge is 0.140 e. The minimum atomic E-state index is -0.216. The van der Waals surface area contributed by atoms with Crippen LogP contribution >= 0.6 is 0 Å². The SMILES string of the molecule is Cc1cccn2c(C(C)C#N)c(-c3ccc(C(C)C)cc3)nc12. The molecule has 116 valence electrons. The van der Waals surface area contributed by atoms with Gasteiger partial charge in [0.25, 0.3) is 0 Å². The number of hydrogen-bond acceptors (Lipinski definition) is 2. The van der Waals surface area contributed by atoms with Crippen LogP contribution in [0.5, 0.6) is 0 Å². The van der Waals surface area contributed by atoms with Crippen molar-refractivity contribution in [1.29, 1.82) is 5.26 Å². The third-order valence-corrected chi connectivity index (χ3v) is 4.34. The molecule has 3 rings (SSSR count). The van der Waals surface area contributed by atoms with Crippen LogP contribution in [0.3, 0.4) is 0 Å². The molecule has 3 aromatic rings. The second-order valence-electron chi connectivity index (χ2n) is 6.36. The van der Waals surface area contributed by atoms with Crippen LogP contribution in [-0.4, -0.2) is 9.38 Å². The molecule has 0 aliphatic heterocycles. The summed E-state index contributed by atoms with van der Waals surface area (Å²) in [6, 6.07) is 14.9. The van der Waals surface area contributed by atoms with Crippen molar-refractivity contribution in [3.63, 3.8) is 0 Å². The Bertz CT molecular complexity index is 880. The van der Waals surface area contributed by atoms with Crippen LogP contribution in [0.4, 0.5) is 0 Å². The molecule has 0 spiro atoms. The van der Waals surface area contributed by atoms with Gasteiger partial charge < -0.3 is 4.40 Å². The molecule has 0 fully saturated rings. The number of fused-ring (bicyclic) bond motifs is 1. The lowest BCUT2D eigenvalue weighted by Crippen LogP contribution is -1.99. The maximum atomic E-state index is 9.43. The highest BCUT2D eigenvalue weighted by molar-refractivity contribution is 5.69. The zero-order valence-electron chi connectivity index (χ0n) is 14.0. The van der Waals surface area contributed by atoms with E-state index in [-0.39, 0.29) is 5.92 Å². The number of nitrogens with zero attached hydrogens (tertiary/aromatic N) is 3. The number of aryl methyl sites for hydroxylation is 1. The Balaban J connectivity index is 2.24. The van der Waals surface area contributed by atoms with Gasteiger partial charge in [-0.3, -0.25) is 0 Å². The standard InChI is InChI=1S/C20H21N3/c1-13(2)16-7-9-17(10-8-16)18-19(15(4)12-21)23-11-5-6-14(3)20(23)22-18/h5-11,13,15H,1-4H3. The Hall–Kier alpha value is -2.60. The predicted octanol–water partition coefficient (Wildman–Crippen LogP) is 5.06. The molecule has 0 saturated carbocycles. The molecule has 0 N–H and O–H groups in total. The lowest BCUT2D eigenvalue weighted by Gasteiger charge is -2.09. The maximum Gasteiger partial charge on any atom is 0.140 e. The van der Waals surface area contributed by atoms with Gasteiger partial charge in [0, 0.05) is 11.8 Å². The fraction of sp³-hybridized carbons (Fsp3) is 0.300. The summed E-state index contributed by atoms with van der Waals surface area (Å²) in [5.74, 6) is 0.288. The van der Waals surface area contributed by atoms with E-state index in [9.17, 15) is 5.26 Å². The largest absolute Gasteiger partial charge is 0.302 e. The summed E-state index contributed by atoms with van der Waals surface area (Å²) < 4.78 is 2.05. The summed E-state index contributed by atoms with van der Waals surface area (Å²) in [7, 11) is 0. The third kappa shape index (κ3) is 2.61. The Morgan fingerprint density at radius 1 is 1.09 bits per heavy atom. The fourth-order valence-corrected chi connectivity index (χ4v) is 2.94. The third-order valence-electron chi connectivity index (χ3n) is 4.34. The number of pyridine rings is 1. The van der Waals surface area contributed by atoms with Crippen LogP contribution in [-0.2, 0) is 0 Å². The molecule has 0 radical (unpaired) electrons. The van der Waals surface area contributed by atoms with E-state index in [2.05, 4.69) is 61.6 Å². The Kier molecular flexibility index (Phi) is 3.92. The molecule has 0 saturated heterocycles. The van der Waals surface area contributed by atoms with Gasteiger partial charge in [-0.2, -0.15) is 5.26 Å². The van der Waals surface area contributed by atoms with Crippen molar-refractivity contribution in [3.8, 4) is 17.3 Å². The van der Waals surface area contributed by atoms with E-state index >= 15 is 0 Å². The molecular weight excluding hydrogens is 282 g/mol. The molecule has 23 heavy (non-hydrogen) atoms. The average Bonchev–Trinajstić information content (AvgIpc) is 2.95. The summed E-state index contributed by atoms with van der Waals surface area (Å²) in [6.07, 6.45) is 1.99. The van der Waals surface area contributed by atoms with Crippen LogP contribution in [0.2, 0.25) is 0 Å². The van der Waals surface area contributed by atoms with Gasteiger partial charge in [-0.05, 0) is 37.0 Å². The molecule has 2 heterocycles. The van der Waals surface area contributed by atoms with Crippen LogP contribution < -0.4 is 0 Å². The van der Waals surface area contributed by atoms with Crippen molar-refractivity contribution < 1.29 is 0 Å². The number of imidazole rings is 1. The molecule has 1 atom stereocenters. The lowest BCUT2D eigenvalue weighted by molar-refractivity contribution is 0.866. The summed E-state index contributed by atoms with van der Waals surface area (Å²) >= 11 is 0. The molecule has 0 amide bonds. The Labute approximate surface area is 137 Å². The lowest BCUT2D eigenvalue weighted by atomic mass is 9.98. The van der Waals surface area contributed by atoms with Gasteiger partial charge in [-0.25, -0.2) is 4.98 Å². The van der Waals surface area contributed by atoms with Gasteiger partial charge in [0.2, 0.25) is 0 Å². The van der Waals surface area contributed by atoms with Gasteiger partial charge in [0.1, 0.15) is 5.65 Å². The fourth-order valence-electron chi connectivity index (χ4n) is 2.94. The van der Waals surface area contributed by atoms with Crippen molar-refractivity contribution in [3.05, 3.63) is 59.4 Å². The first-order valence-corrected chi connectivity index (χ1v) is 8.00. The molecular formula is C20H21N3. The summed E-state index contributed by atoms with van der Waals surface area (Å²) in [5.41, 5.74) is 6.28. The summed E-state index contributed by atoms with van der Waals surface area (Å²) in [6.45, 7) is 8.35. The molecule has 1 unspecified atom stereocenters. The van der Waals surface area contributed by atoms with E-state index in [1.807, 2.05) is 19.2 Å².